The first-order chi connectivity index (χ1) is 19.5. The van der Waals surface area contributed by atoms with E-state index in [0.29, 0.717) is 12.3 Å². The number of carbonyl (C=O) groups is 1. The summed E-state index contributed by atoms with van der Waals surface area (Å²) in [6.45, 7) is 6.51. The second-order valence-electron chi connectivity index (χ2n) is 10.6. The Morgan fingerprint density at radius 1 is 1.12 bits per heavy atom. The monoisotopic (exact) mass is 593 g/mol. The number of aliphatic hydroxyl groups is 2. The fourth-order valence-electron chi connectivity index (χ4n) is 4.82. The van der Waals surface area contributed by atoms with E-state index in [1.165, 1.54) is 28.6 Å². The zero-order chi connectivity index (χ0) is 30.0. The molecule has 2 aliphatic rings. The van der Waals surface area contributed by atoms with Crippen molar-refractivity contribution in [1.82, 2.24) is 9.62 Å². The number of anilines is 1. The predicted molar refractivity (Wildman–Crippen MR) is 154 cm³/mol. The number of aliphatic hydroxyl groups excluding tert-OH is 2. The second kappa shape index (κ2) is 15.5. The van der Waals surface area contributed by atoms with Crippen molar-refractivity contribution in [2.45, 2.75) is 63.0 Å². The normalized spacial score (nSPS) is 21.6. The third kappa shape index (κ3) is 9.38. The quantitative estimate of drug-likeness (QED) is 0.287. The molecule has 0 saturated carbocycles. The highest BCUT2D eigenvalue weighted by Gasteiger charge is 2.44. The highest BCUT2D eigenvalue weighted by atomic mass is 32.2. The maximum atomic E-state index is 13.5. The molecule has 0 aliphatic carbocycles. The molecule has 1 amide bonds. The van der Waals surface area contributed by atoms with Crippen LogP contribution in [-0.2, 0) is 30.7 Å². The number of carbonyl (C=O) groups excluding carboxylic acids is 1. The Hall–Kier alpha value is -2.74. The Kier molecular flexibility index (Phi) is 12.4. The molecule has 0 spiro atoms. The molecule has 2 aromatic rings. The van der Waals surface area contributed by atoms with Gasteiger partial charge >= 0.3 is 6.09 Å². The minimum absolute atomic E-state index is 0.000183. The summed E-state index contributed by atoms with van der Waals surface area (Å²) in [5.74, 6) is -0.0231. The highest BCUT2D eigenvalue weighted by molar-refractivity contribution is 7.89. The Morgan fingerprint density at radius 3 is 2.41 bits per heavy atom. The number of ether oxygens (including phenoxy) is 3. The van der Waals surface area contributed by atoms with Crippen molar-refractivity contribution < 1.29 is 37.6 Å². The molecule has 3 unspecified atom stereocenters. The van der Waals surface area contributed by atoms with Crippen molar-refractivity contribution >= 4 is 21.8 Å². The molecule has 5 atom stereocenters. The van der Waals surface area contributed by atoms with Crippen LogP contribution in [0.25, 0.3) is 0 Å². The predicted octanol–water partition coefficient (Wildman–Crippen LogP) is 2.37. The molecule has 11 nitrogen and oxygen atoms in total. The van der Waals surface area contributed by atoms with E-state index in [1.54, 1.807) is 6.92 Å². The second-order valence-corrected chi connectivity index (χ2v) is 12.5. The molecule has 0 aromatic heterocycles. The van der Waals surface area contributed by atoms with Gasteiger partial charge in [-0.25, -0.2) is 13.2 Å². The maximum Gasteiger partial charge on any atom is 0.407 e. The molecule has 2 aromatic carbocycles. The number of nitrogens with zero attached hydrogens (tertiary/aromatic N) is 1. The molecule has 12 heteroatoms. The van der Waals surface area contributed by atoms with E-state index in [-0.39, 0.29) is 55.7 Å². The molecule has 0 radical (unpaired) electrons. The summed E-state index contributed by atoms with van der Waals surface area (Å²) < 4.78 is 44.9. The van der Waals surface area contributed by atoms with E-state index in [1.807, 2.05) is 44.2 Å². The van der Waals surface area contributed by atoms with Crippen molar-refractivity contribution in [1.29, 1.82) is 0 Å². The van der Waals surface area contributed by atoms with Crippen LogP contribution in [0.4, 0.5) is 10.5 Å². The van der Waals surface area contributed by atoms with Gasteiger partial charge in [0.15, 0.2) is 6.29 Å². The number of nitrogens with one attached hydrogen (secondary N) is 1. The third-order valence-corrected chi connectivity index (χ3v) is 8.63. The van der Waals surface area contributed by atoms with Gasteiger partial charge in [0.1, 0.15) is 6.10 Å². The van der Waals surface area contributed by atoms with Gasteiger partial charge in [-0.1, -0.05) is 44.2 Å². The van der Waals surface area contributed by atoms with E-state index in [4.69, 9.17) is 25.1 Å². The van der Waals surface area contributed by atoms with Crippen LogP contribution in [0.5, 0.6) is 0 Å². The molecule has 5 N–H and O–H groups in total. The summed E-state index contributed by atoms with van der Waals surface area (Å²) in [4.78, 5) is 13.0. The molecule has 0 bridgehead atoms. The first kappa shape index (κ1) is 32.8. The number of amides is 1. The van der Waals surface area contributed by atoms with Crippen LogP contribution in [0.15, 0.2) is 59.5 Å². The van der Waals surface area contributed by atoms with Gasteiger partial charge in [-0.3, -0.25) is 0 Å². The lowest BCUT2D eigenvalue weighted by Crippen LogP contribution is -2.51. The standard InChI is InChI=1S/C27H37N3O7S.C2H6O/c1-18(2)15-30(38(33,34)21-10-8-20(28)9-11-21)16-24(31)23(14-19-6-4-3-5-7-19)29-27(32)37-25-17-36-26-22(25)12-13-35-26;1-2-3/h3-11,18,22-26,31H,12-17,28H2,1-2H3,(H,29,32);3H,2H2,1H3/t22-,23?,24?,25?,26+;/m0./s1. The largest absolute Gasteiger partial charge is 0.443 e. The molecule has 228 valence electrons. The van der Waals surface area contributed by atoms with Crippen LogP contribution < -0.4 is 11.1 Å². The SMILES string of the molecule is CC(C)CN(CC(O)C(Cc1ccccc1)NC(=O)OC1CO[C@H]2OCC[C@@H]12)S(=O)(=O)c1ccc(N)cc1.CCO. The zero-order valence-electron chi connectivity index (χ0n) is 23.9. The highest BCUT2D eigenvalue weighted by Crippen LogP contribution is 2.33. The maximum absolute atomic E-state index is 13.5. The average Bonchev–Trinajstić information content (AvgIpc) is 3.54. The van der Waals surface area contributed by atoms with Crippen molar-refractivity contribution in [3.8, 4) is 0 Å². The molecule has 41 heavy (non-hydrogen) atoms. The van der Waals surface area contributed by atoms with Crippen molar-refractivity contribution in [2.24, 2.45) is 11.8 Å². The first-order valence-corrected chi connectivity index (χ1v) is 15.4. The molecular formula is C29H43N3O8S. The number of nitrogen functional groups attached to an aromatic ring is 1. The van der Waals surface area contributed by atoms with Crippen molar-refractivity contribution in [3.05, 3.63) is 60.2 Å². The minimum atomic E-state index is -3.93. The van der Waals surface area contributed by atoms with Crippen LogP contribution in [0.1, 0.15) is 32.8 Å². The number of nitrogens with two attached hydrogens (primary N) is 1. The number of rotatable bonds is 11. The zero-order valence-corrected chi connectivity index (χ0v) is 24.7. The summed E-state index contributed by atoms with van der Waals surface area (Å²) in [5.41, 5.74) is 7.07. The molecule has 2 fully saturated rings. The number of benzene rings is 2. The summed E-state index contributed by atoms with van der Waals surface area (Å²) in [6.07, 6.45) is -1.69. The van der Waals surface area contributed by atoms with Gasteiger partial charge in [-0.15, -0.1) is 0 Å². The first-order valence-electron chi connectivity index (χ1n) is 13.9. The van der Waals surface area contributed by atoms with Crippen LogP contribution in [-0.4, -0.2) is 86.5 Å². The Bertz CT molecular complexity index is 1180. The van der Waals surface area contributed by atoms with Gasteiger partial charge in [0.05, 0.1) is 36.2 Å². The Labute approximate surface area is 242 Å². The Morgan fingerprint density at radius 2 is 1.78 bits per heavy atom. The number of alkyl carbamates (subject to hydrolysis) is 1. The number of sulfonamides is 1. The van der Waals surface area contributed by atoms with Gasteiger partial charge in [-0.05, 0) is 55.5 Å². The lowest BCUT2D eigenvalue weighted by Gasteiger charge is -2.31. The van der Waals surface area contributed by atoms with Crippen LogP contribution >= 0.6 is 0 Å². The van der Waals surface area contributed by atoms with E-state index in [0.717, 1.165) is 12.0 Å². The average molecular weight is 594 g/mol. The summed E-state index contributed by atoms with van der Waals surface area (Å²) in [6, 6.07) is 14.5. The fourth-order valence-corrected chi connectivity index (χ4v) is 6.45. The Balaban J connectivity index is 0.00000147. The van der Waals surface area contributed by atoms with E-state index < -0.39 is 34.4 Å². The minimum Gasteiger partial charge on any atom is -0.443 e. The van der Waals surface area contributed by atoms with Crippen molar-refractivity contribution in [2.75, 3.05) is 38.6 Å². The topological polar surface area (TPSA) is 161 Å². The van der Waals surface area contributed by atoms with Crippen LogP contribution in [0.3, 0.4) is 0 Å². The summed E-state index contributed by atoms with van der Waals surface area (Å²) in [7, 11) is -3.93. The van der Waals surface area contributed by atoms with Gasteiger partial charge < -0.3 is 35.5 Å². The van der Waals surface area contributed by atoms with E-state index >= 15 is 0 Å². The van der Waals surface area contributed by atoms with E-state index in [9.17, 15) is 18.3 Å². The smallest absolute Gasteiger partial charge is 0.407 e. The molecule has 4 rings (SSSR count). The lowest BCUT2D eigenvalue weighted by molar-refractivity contribution is -0.0907. The number of hydrogen-bond donors (Lipinski definition) is 4. The summed E-state index contributed by atoms with van der Waals surface area (Å²) >= 11 is 0. The van der Waals surface area contributed by atoms with Gasteiger partial charge in [0.25, 0.3) is 0 Å². The van der Waals surface area contributed by atoms with Gasteiger partial charge in [-0.2, -0.15) is 4.31 Å². The molecule has 2 aliphatic heterocycles. The van der Waals surface area contributed by atoms with Gasteiger partial charge in [0.2, 0.25) is 10.0 Å². The van der Waals surface area contributed by atoms with Crippen molar-refractivity contribution in [3.63, 3.8) is 0 Å². The third-order valence-electron chi connectivity index (χ3n) is 6.79. The van der Waals surface area contributed by atoms with E-state index in [2.05, 4.69) is 5.32 Å². The number of fused-ring (bicyclic) bond motifs is 1. The molecule has 2 saturated heterocycles. The lowest BCUT2D eigenvalue weighted by atomic mass is 10.0. The van der Waals surface area contributed by atoms with Crippen LogP contribution in [0.2, 0.25) is 0 Å². The molecular weight excluding hydrogens is 550 g/mol. The van der Waals surface area contributed by atoms with Crippen LogP contribution in [0, 0.1) is 11.8 Å². The fraction of sp³-hybridized carbons (Fsp3) is 0.552. The molecule has 2 heterocycles. The number of hydrogen-bond acceptors (Lipinski definition) is 9. The van der Waals surface area contributed by atoms with Gasteiger partial charge in [0, 0.05) is 25.4 Å². The summed E-state index contributed by atoms with van der Waals surface area (Å²) in [5, 5.41) is 21.7.